The summed E-state index contributed by atoms with van der Waals surface area (Å²) < 4.78 is 31.8. The Hall–Kier alpha value is -3.33. The van der Waals surface area contributed by atoms with Gasteiger partial charge >= 0.3 is 11.9 Å². The number of likely N-dealkylation sites (N-methyl/N-ethyl adjacent to an activating group) is 1. The lowest BCUT2D eigenvalue weighted by Gasteiger charge is -2.47. The second-order valence-electron chi connectivity index (χ2n) is 16.8. The highest BCUT2D eigenvalue weighted by Crippen LogP contribution is 2.38. The lowest BCUT2D eigenvalue weighted by molar-refractivity contribution is -0.295. The number of fused-ring (bicyclic) bond motifs is 1. The van der Waals surface area contributed by atoms with E-state index in [-0.39, 0.29) is 36.5 Å². The number of nitrogens with zero attached hydrogens (tertiary/aromatic N) is 4. The molecule has 2 saturated heterocycles. The van der Waals surface area contributed by atoms with Crippen molar-refractivity contribution in [1.29, 1.82) is 0 Å². The molecule has 5 rings (SSSR count). The third-order valence-corrected chi connectivity index (χ3v) is 11.7. The van der Waals surface area contributed by atoms with Gasteiger partial charge < -0.3 is 33.9 Å². The Morgan fingerprint density at radius 3 is 2.56 bits per heavy atom. The summed E-state index contributed by atoms with van der Waals surface area (Å²) in [5.74, 6) is -2.15. The molecule has 0 bridgehead atoms. The molecular formula is C42H63N5O8. The number of hydrogen-bond donors (Lipinski definition) is 1. The zero-order valence-electron chi connectivity index (χ0n) is 34.3. The summed E-state index contributed by atoms with van der Waals surface area (Å²) in [4.78, 5) is 54.8. The van der Waals surface area contributed by atoms with Gasteiger partial charge in [-0.15, -0.1) is 0 Å². The first-order valence-electron chi connectivity index (χ1n) is 19.9. The van der Waals surface area contributed by atoms with Crippen molar-refractivity contribution in [2.24, 2.45) is 17.3 Å². The summed E-state index contributed by atoms with van der Waals surface area (Å²) in [6.45, 7) is 14.5. The Morgan fingerprint density at radius 2 is 1.85 bits per heavy atom. The average Bonchev–Trinajstić information content (AvgIpc) is 3.17. The normalized spacial score (nSPS) is 32.4. The zero-order chi connectivity index (χ0) is 39.9. The number of cyclic esters (lactones) is 1. The number of Topliss-reactive ketones (excluding diaryl/α,β-unsaturated/α-hetero) is 1. The molecule has 0 unspecified atom stereocenters. The van der Waals surface area contributed by atoms with E-state index in [1.54, 1.807) is 58.5 Å². The van der Waals surface area contributed by atoms with E-state index in [1.807, 2.05) is 45.1 Å². The Bertz CT molecular complexity index is 1590. The molecule has 0 radical (unpaired) electrons. The summed E-state index contributed by atoms with van der Waals surface area (Å²) >= 11 is 0. The third kappa shape index (κ3) is 10.5. The SMILES string of the molecule is CO[C@]1(C)C[C@@H](C)CN[C@H](CCCN2CCc3ncncc3C2)COC(=O)C(C)(C)C(=O)[C@H](C)[C@H]1O[C@@H]1O[C@H](C)C[C@H](N(C)C)[C@H]1OC(=O)c1ccccc1. The molecule has 1 aromatic carbocycles. The van der Waals surface area contributed by atoms with Gasteiger partial charge in [0.2, 0.25) is 0 Å². The minimum Gasteiger partial charge on any atom is -0.463 e. The number of carbonyl (C=O) groups excluding carboxylic acids is 3. The molecule has 0 aliphatic carbocycles. The molecule has 3 aliphatic rings. The Morgan fingerprint density at radius 1 is 1.11 bits per heavy atom. The number of esters is 2. The van der Waals surface area contributed by atoms with Crippen LogP contribution in [0.1, 0.15) is 88.8 Å². The van der Waals surface area contributed by atoms with E-state index in [1.165, 1.54) is 5.56 Å². The lowest BCUT2D eigenvalue weighted by Crippen LogP contribution is -2.60. The molecular weight excluding hydrogens is 702 g/mol. The van der Waals surface area contributed by atoms with Crippen LogP contribution in [0.2, 0.25) is 0 Å². The van der Waals surface area contributed by atoms with Gasteiger partial charge in [0.25, 0.3) is 0 Å². The van der Waals surface area contributed by atoms with Crippen molar-refractivity contribution in [2.45, 2.75) is 122 Å². The number of ether oxygens (including phenoxy) is 5. The number of nitrogens with one attached hydrogen (secondary N) is 1. The highest BCUT2D eigenvalue weighted by Gasteiger charge is 2.52. The molecule has 55 heavy (non-hydrogen) atoms. The number of methoxy groups -OCH3 is 1. The zero-order valence-corrected chi connectivity index (χ0v) is 34.3. The number of ketones is 1. The van der Waals surface area contributed by atoms with Crippen LogP contribution in [0.25, 0.3) is 0 Å². The Labute approximate surface area is 327 Å². The molecule has 0 spiro atoms. The molecule has 0 amide bonds. The average molecular weight is 766 g/mol. The van der Waals surface area contributed by atoms with E-state index in [0.717, 1.165) is 44.6 Å². The fourth-order valence-corrected chi connectivity index (χ4v) is 8.40. The predicted octanol–water partition coefficient (Wildman–Crippen LogP) is 4.47. The number of aromatic nitrogens is 2. The summed E-state index contributed by atoms with van der Waals surface area (Å²) in [5.41, 5.74) is 0.231. The molecule has 13 nitrogen and oxygen atoms in total. The summed E-state index contributed by atoms with van der Waals surface area (Å²) in [6, 6.07) is 8.49. The number of benzene rings is 1. The summed E-state index contributed by atoms with van der Waals surface area (Å²) in [6.07, 6.45) is 4.29. The van der Waals surface area contributed by atoms with Crippen molar-refractivity contribution >= 4 is 17.7 Å². The monoisotopic (exact) mass is 765 g/mol. The van der Waals surface area contributed by atoms with Crippen molar-refractivity contribution in [3.8, 4) is 0 Å². The maximum absolute atomic E-state index is 14.5. The minimum atomic E-state index is -1.48. The molecule has 1 N–H and O–H groups in total. The molecule has 9 atom stereocenters. The Kier molecular flexibility index (Phi) is 14.6. The van der Waals surface area contributed by atoms with Crippen LogP contribution >= 0.6 is 0 Å². The van der Waals surface area contributed by atoms with E-state index in [0.29, 0.717) is 24.9 Å². The summed E-state index contributed by atoms with van der Waals surface area (Å²) in [5, 5.41) is 3.67. The molecule has 0 saturated carbocycles. The highest BCUT2D eigenvalue weighted by atomic mass is 16.7. The second-order valence-corrected chi connectivity index (χ2v) is 16.8. The smallest absolute Gasteiger partial charge is 0.338 e. The van der Waals surface area contributed by atoms with Crippen molar-refractivity contribution in [2.75, 3.05) is 47.4 Å². The van der Waals surface area contributed by atoms with Crippen molar-refractivity contribution in [1.82, 2.24) is 25.1 Å². The van der Waals surface area contributed by atoms with Crippen molar-refractivity contribution in [3.63, 3.8) is 0 Å². The first kappa shape index (κ1) is 42.8. The van der Waals surface area contributed by atoms with E-state index < -0.39 is 47.4 Å². The van der Waals surface area contributed by atoms with Crippen molar-refractivity contribution < 1.29 is 38.1 Å². The maximum Gasteiger partial charge on any atom is 0.338 e. The van der Waals surface area contributed by atoms with Gasteiger partial charge in [0.05, 0.1) is 29.4 Å². The van der Waals surface area contributed by atoms with Gasteiger partial charge in [-0.3, -0.25) is 14.5 Å². The van der Waals surface area contributed by atoms with Crippen LogP contribution in [0.3, 0.4) is 0 Å². The van der Waals surface area contributed by atoms with Crippen LogP contribution in [0, 0.1) is 17.3 Å². The van der Waals surface area contributed by atoms with Gasteiger partial charge in [0.15, 0.2) is 18.2 Å². The van der Waals surface area contributed by atoms with E-state index in [2.05, 4.69) is 27.1 Å². The molecule has 1 aromatic heterocycles. The first-order chi connectivity index (χ1) is 26.1. The number of carbonyl (C=O) groups is 3. The van der Waals surface area contributed by atoms with Gasteiger partial charge in [0, 0.05) is 56.0 Å². The highest BCUT2D eigenvalue weighted by molar-refractivity contribution is 6.04. The molecule has 2 aromatic rings. The number of hydrogen-bond acceptors (Lipinski definition) is 13. The minimum absolute atomic E-state index is 0.0799. The molecule has 2 fully saturated rings. The van der Waals surface area contributed by atoms with E-state index >= 15 is 0 Å². The maximum atomic E-state index is 14.5. The molecule has 304 valence electrons. The van der Waals surface area contributed by atoms with Gasteiger partial charge in [-0.2, -0.15) is 0 Å². The van der Waals surface area contributed by atoms with Crippen LogP contribution < -0.4 is 5.32 Å². The van der Waals surface area contributed by atoms with Crippen LogP contribution in [0.15, 0.2) is 42.9 Å². The predicted molar refractivity (Wildman–Crippen MR) is 207 cm³/mol. The standard InChI is InChI=1S/C42H63N5O8/c1-27-21-42(6,51-9)37(55-39-35(34(46(7)8)20-28(2)53-39)54-38(49)30-14-11-10-12-15-30)29(3)36(48)41(4,5)40(50)52-25-32(44-22-27)16-13-18-47-19-17-33-31(24-47)23-43-26-45-33/h10-12,14-15,23,26-29,32,34-35,37,39,44H,13,16-22,24-25H2,1-9H3/t27-,28-,29+,32-,34+,35-,37-,39+,42-/m1/s1. The largest absolute Gasteiger partial charge is 0.463 e. The molecule has 13 heteroatoms. The quantitative estimate of drug-likeness (QED) is 0.269. The van der Waals surface area contributed by atoms with Crippen LogP contribution in [-0.4, -0.2) is 127 Å². The fourth-order valence-electron chi connectivity index (χ4n) is 8.40. The lowest BCUT2D eigenvalue weighted by atomic mass is 9.74. The number of rotatable bonds is 10. The van der Waals surface area contributed by atoms with Crippen molar-refractivity contribution in [3.05, 3.63) is 59.7 Å². The third-order valence-electron chi connectivity index (χ3n) is 11.7. The van der Waals surface area contributed by atoms with Crippen LogP contribution in [-0.2, 0) is 46.2 Å². The van der Waals surface area contributed by atoms with Gasteiger partial charge in [0.1, 0.15) is 18.3 Å². The van der Waals surface area contributed by atoms with Gasteiger partial charge in [-0.1, -0.05) is 32.0 Å². The summed E-state index contributed by atoms with van der Waals surface area (Å²) in [7, 11) is 5.50. The fraction of sp³-hybridized carbons (Fsp3) is 0.690. The van der Waals surface area contributed by atoms with Crippen LogP contribution in [0.4, 0.5) is 0 Å². The van der Waals surface area contributed by atoms with E-state index in [9.17, 15) is 14.4 Å². The van der Waals surface area contributed by atoms with Gasteiger partial charge in [-0.05, 0) is 98.6 Å². The Balaban J connectivity index is 1.36. The van der Waals surface area contributed by atoms with E-state index in [4.69, 9.17) is 23.7 Å². The first-order valence-corrected chi connectivity index (χ1v) is 19.9. The molecule has 3 aliphatic heterocycles. The topological polar surface area (TPSA) is 142 Å². The van der Waals surface area contributed by atoms with Gasteiger partial charge in [-0.25, -0.2) is 14.8 Å². The second kappa shape index (κ2) is 18.7. The van der Waals surface area contributed by atoms with Crippen LogP contribution in [0.5, 0.6) is 0 Å². The molecule has 4 heterocycles.